The predicted molar refractivity (Wildman–Crippen MR) is 93.9 cm³/mol. The van der Waals surface area contributed by atoms with Gasteiger partial charge in [0.25, 0.3) is 0 Å². The van der Waals surface area contributed by atoms with Gasteiger partial charge >= 0.3 is 6.09 Å². The minimum Gasteiger partial charge on any atom is -0.448 e. The van der Waals surface area contributed by atoms with Crippen LogP contribution in [0.5, 0.6) is 0 Å². The highest BCUT2D eigenvalue weighted by atomic mass is 16.6. The minimum atomic E-state index is -0.425. The molecule has 0 aromatic heterocycles. The lowest BCUT2D eigenvalue weighted by molar-refractivity contribution is 0.0962. The number of amides is 1. The molecule has 0 saturated heterocycles. The second kappa shape index (κ2) is 7.32. The van der Waals surface area contributed by atoms with Crippen molar-refractivity contribution in [3.63, 3.8) is 0 Å². The standard InChI is InChI=1S/C20H21NO3/c1-2-11-21(12-13-22)20(23)24-14-19-17-9-5-3-7-15(17)16-8-4-6-10-18(16)19/h2-10,19,22H,1,11-14H2. The van der Waals surface area contributed by atoms with E-state index in [1.807, 2.05) is 24.3 Å². The largest absolute Gasteiger partial charge is 0.448 e. The van der Waals surface area contributed by atoms with Crippen molar-refractivity contribution >= 4 is 6.09 Å². The fourth-order valence-electron chi connectivity index (χ4n) is 3.22. The van der Waals surface area contributed by atoms with E-state index in [0.29, 0.717) is 6.54 Å². The normalized spacial score (nSPS) is 12.4. The number of fused-ring (bicyclic) bond motifs is 3. The lowest BCUT2D eigenvalue weighted by Gasteiger charge is -2.21. The molecule has 3 rings (SSSR count). The Morgan fingerprint density at radius 3 is 2.25 bits per heavy atom. The molecule has 2 aromatic carbocycles. The summed E-state index contributed by atoms with van der Waals surface area (Å²) < 4.78 is 5.54. The van der Waals surface area contributed by atoms with Crippen LogP contribution in [-0.2, 0) is 4.74 Å². The maximum atomic E-state index is 12.2. The molecule has 2 aromatic rings. The molecule has 4 nitrogen and oxygen atoms in total. The van der Waals surface area contributed by atoms with Crippen LogP contribution in [0.1, 0.15) is 17.0 Å². The SMILES string of the molecule is C=CCN(CCO)C(=O)OCC1c2ccccc2-c2ccccc21. The molecule has 0 aliphatic heterocycles. The fourth-order valence-corrected chi connectivity index (χ4v) is 3.22. The average molecular weight is 323 g/mol. The number of carbonyl (C=O) groups excluding carboxylic acids is 1. The summed E-state index contributed by atoms with van der Waals surface area (Å²) in [4.78, 5) is 13.7. The van der Waals surface area contributed by atoms with Gasteiger partial charge < -0.3 is 14.7 Å². The first kappa shape index (κ1) is 16.3. The molecule has 1 aliphatic rings. The number of hydrogen-bond acceptors (Lipinski definition) is 3. The number of rotatable bonds is 6. The molecule has 124 valence electrons. The molecule has 1 N–H and O–H groups in total. The lowest BCUT2D eigenvalue weighted by Crippen LogP contribution is -2.35. The van der Waals surface area contributed by atoms with Crippen molar-refractivity contribution in [3.05, 3.63) is 72.3 Å². The van der Waals surface area contributed by atoms with Gasteiger partial charge in [0.2, 0.25) is 0 Å². The molecular weight excluding hydrogens is 302 g/mol. The van der Waals surface area contributed by atoms with Crippen molar-refractivity contribution in [3.8, 4) is 11.1 Å². The molecule has 4 heteroatoms. The van der Waals surface area contributed by atoms with Crippen molar-refractivity contribution < 1.29 is 14.6 Å². The summed E-state index contributed by atoms with van der Waals surface area (Å²) in [6, 6.07) is 16.4. The Labute approximate surface area is 142 Å². The third kappa shape index (κ3) is 3.05. The molecule has 0 heterocycles. The molecular formula is C20H21NO3. The van der Waals surface area contributed by atoms with Crippen LogP contribution in [0.4, 0.5) is 4.79 Å². The van der Waals surface area contributed by atoms with Gasteiger partial charge in [-0.1, -0.05) is 54.6 Å². The van der Waals surface area contributed by atoms with Crippen molar-refractivity contribution in [1.82, 2.24) is 4.90 Å². The van der Waals surface area contributed by atoms with Gasteiger partial charge in [0, 0.05) is 19.0 Å². The third-order valence-corrected chi connectivity index (χ3v) is 4.31. The first-order valence-corrected chi connectivity index (χ1v) is 8.08. The van der Waals surface area contributed by atoms with E-state index in [9.17, 15) is 4.79 Å². The van der Waals surface area contributed by atoms with Crippen LogP contribution in [0.2, 0.25) is 0 Å². The second-order valence-electron chi connectivity index (χ2n) is 5.76. The zero-order valence-corrected chi connectivity index (χ0v) is 13.5. The molecule has 0 spiro atoms. The molecule has 0 saturated carbocycles. The van der Waals surface area contributed by atoms with Crippen molar-refractivity contribution in [2.75, 3.05) is 26.3 Å². The summed E-state index contributed by atoms with van der Waals surface area (Å²) in [6.07, 6.45) is 1.20. The summed E-state index contributed by atoms with van der Waals surface area (Å²) in [5.41, 5.74) is 4.77. The number of nitrogens with zero attached hydrogens (tertiary/aromatic N) is 1. The van der Waals surface area contributed by atoms with Crippen LogP contribution in [0.3, 0.4) is 0 Å². The minimum absolute atomic E-state index is 0.0426. The molecule has 0 unspecified atom stereocenters. The van der Waals surface area contributed by atoms with E-state index in [0.717, 1.165) is 0 Å². The van der Waals surface area contributed by atoms with Crippen LogP contribution in [0.25, 0.3) is 11.1 Å². The maximum absolute atomic E-state index is 12.2. The zero-order chi connectivity index (χ0) is 16.9. The van der Waals surface area contributed by atoms with Gasteiger partial charge in [0.1, 0.15) is 6.61 Å². The van der Waals surface area contributed by atoms with Crippen LogP contribution in [0.15, 0.2) is 61.2 Å². The Hall–Kier alpha value is -2.59. The fraction of sp³-hybridized carbons (Fsp3) is 0.250. The van der Waals surface area contributed by atoms with Crippen molar-refractivity contribution in [2.24, 2.45) is 0 Å². The highest BCUT2D eigenvalue weighted by Gasteiger charge is 2.29. The highest BCUT2D eigenvalue weighted by Crippen LogP contribution is 2.44. The first-order valence-electron chi connectivity index (χ1n) is 8.08. The summed E-state index contributed by atoms with van der Waals surface area (Å²) in [6.45, 7) is 4.41. The van der Waals surface area contributed by atoms with E-state index in [1.54, 1.807) is 6.08 Å². The van der Waals surface area contributed by atoms with E-state index in [1.165, 1.54) is 27.2 Å². The molecule has 1 amide bonds. The van der Waals surface area contributed by atoms with E-state index < -0.39 is 6.09 Å². The Kier molecular flexibility index (Phi) is 4.96. The van der Waals surface area contributed by atoms with E-state index >= 15 is 0 Å². The average Bonchev–Trinajstić information content (AvgIpc) is 2.93. The predicted octanol–water partition coefficient (Wildman–Crippen LogP) is 3.42. The Morgan fingerprint density at radius 2 is 1.71 bits per heavy atom. The summed E-state index contributed by atoms with van der Waals surface area (Å²) in [5.74, 6) is 0.0426. The Bertz CT molecular complexity index is 696. The third-order valence-electron chi connectivity index (χ3n) is 4.31. The zero-order valence-electron chi connectivity index (χ0n) is 13.5. The van der Waals surface area contributed by atoms with Gasteiger partial charge in [-0.25, -0.2) is 4.79 Å². The smallest absolute Gasteiger partial charge is 0.410 e. The highest BCUT2D eigenvalue weighted by molar-refractivity contribution is 5.79. The van der Waals surface area contributed by atoms with Crippen LogP contribution < -0.4 is 0 Å². The molecule has 0 radical (unpaired) electrons. The van der Waals surface area contributed by atoms with Gasteiger partial charge in [-0.3, -0.25) is 0 Å². The first-order chi connectivity index (χ1) is 11.8. The topological polar surface area (TPSA) is 49.8 Å². The number of aliphatic hydroxyl groups is 1. The monoisotopic (exact) mass is 323 g/mol. The number of carbonyl (C=O) groups is 1. The summed E-state index contributed by atoms with van der Waals surface area (Å²) >= 11 is 0. The lowest BCUT2D eigenvalue weighted by atomic mass is 9.98. The molecule has 0 fully saturated rings. The van der Waals surface area contributed by atoms with Gasteiger partial charge in [0.05, 0.1) is 6.61 Å². The van der Waals surface area contributed by atoms with Gasteiger partial charge in [-0.05, 0) is 22.3 Å². The van der Waals surface area contributed by atoms with Crippen LogP contribution >= 0.6 is 0 Å². The molecule has 0 atom stereocenters. The maximum Gasteiger partial charge on any atom is 0.410 e. The van der Waals surface area contributed by atoms with Gasteiger partial charge in [0.15, 0.2) is 0 Å². The molecule has 24 heavy (non-hydrogen) atoms. The summed E-state index contributed by atoms with van der Waals surface area (Å²) in [5, 5.41) is 9.07. The van der Waals surface area contributed by atoms with Crippen LogP contribution in [0, 0.1) is 0 Å². The quantitative estimate of drug-likeness (QED) is 0.829. The van der Waals surface area contributed by atoms with Gasteiger partial charge in [-0.2, -0.15) is 0 Å². The van der Waals surface area contributed by atoms with Crippen molar-refractivity contribution in [1.29, 1.82) is 0 Å². The number of aliphatic hydroxyl groups excluding tert-OH is 1. The Morgan fingerprint density at radius 1 is 1.12 bits per heavy atom. The number of benzene rings is 2. The van der Waals surface area contributed by atoms with E-state index in [-0.39, 0.29) is 25.7 Å². The summed E-state index contributed by atoms with van der Waals surface area (Å²) in [7, 11) is 0. The van der Waals surface area contributed by atoms with Crippen LogP contribution in [-0.4, -0.2) is 42.4 Å². The number of hydrogen-bond donors (Lipinski definition) is 1. The molecule has 1 aliphatic carbocycles. The molecule has 0 bridgehead atoms. The van der Waals surface area contributed by atoms with E-state index in [2.05, 4.69) is 30.8 Å². The van der Waals surface area contributed by atoms with Crippen molar-refractivity contribution in [2.45, 2.75) is 5.92 Å². The van der Waals surface area contributed by atoms with Gasteiger partial charge in [-0.15, -0.1) is 6.58 Å². The number of ether oxygens (including phenoxy) is 1. The Balaban J connectivity index is 1.78. The second-order valence-corrected chi connectivity index (χ2v) is 5.76. The van der Waals surface area contributed by atoms with E-state index in [4.69, 9.17) is 9.84 Å².